The van der Waals surface area contributed by atoms with Crippen molar-refractivity contribution in [2.45, 2.75) is 83.8 Å². The van der Waals surface area contributed by atoms with Gasteiger partial charge in [-0.3, -0.25) is 0 Å². The number of hydrogen-bond acceptors (Lipinski definition) is 2. The molecule has 2 aliphatic carbocycles. The molecule has 3 aromatic rings. The lowest BCUT2D eigenvalue weighted by Crippen LogP contribution is -2.52. The topological polar surface area (TPSA) is 15.3 Å². The maximum atomic E-state index is 3.71. The minimum atomic E-state index is -1.98. The molecule has 3 atom stereocenters. The van der Waals surface area contributed by atoms with Crippen LogP contribution in [0, 0.1) is 11.8 Å². The third kappa shape index (κ3) is 4.57. The normalized spacial score (nSPS) is 22.2. The second-order valence-electron chi connectivity index (χ2n) is 14.8. The number of nitrogens with zero attached hydrogens (tertiary/aromatic N) is 1. The van der Waals surface area contributed by atoms with Crippen LogP contribution in [-0.4, -0.2) is 8.24 Å². The van der Waals surface area contributed by atoms with Crippen LogP contribution in [0.3, 0.4) is 0 Å². The number of hydrogen-bond donors (Lipinski definition) is 1. The van der Waals surface area contributed by atoms with Crippen molar-refractivity contribution in [2.75, 3.05) is 9.88 Å². The van der Waals surface area contributed by atoms with Gasteiger partial charge >= 0.3 is 0 Å². The highest BCUT2D eigenvalue weighted by Crippen LogP contribution is 2.57. The van der Waals surface area contributed by atoms with E-state index in [0.29, 0.717) is 17.4 Å². The van der Waals surface area contributed by atoms with E-state index in [1.165, 1.54) is 52.3 Å². The third-order valence-corrected chi connectivity index (χ3v) is 13.9. The standard InChI is InChI=1S/C37H46N2Si/c1-36(2,3)26-22-25(23-27(24-26)37(4,5)6)28-14-13-15-30-29(28)20-21-35(30)40(7,8)39-33-18-11-9-16-31(33)38-32-17-10-12-19-34(32)39/h9-19,22-24,29-30,35,38H,20-21H2,1-8H3/t29-,30+,35?/m1/s1. The molecule has 1 heterocycles. The molecule has 0 spiro atoms. The fraction of sp³-hybridized carbons (Fsp3) is 0.405. The quantitative estimate of drug-likeness (QED) is 0.329. The first-order valence-electron chi connectivity index (χ1n) is 15.2. The van der Waals surface area contributed by atoms with Gasteiger partial charge in [0.2, 0.25) is 0 Å². The van der Waals surface area contributed by atoms with Crippen LogP contribution in [0.2, 0.25) is 18.6 Å². The van der Waals surface area contributed by atoms with Gasteiger partial charge in [-0.1, -0.05) is 115 Å². The number of anilines is 4. The Balaban J connectivity index is 1.39. The maximum absolute atomic E-state index is 3.71. The van der Waals surface area contributed by atoms with Gasteiger partial charge in [-0.2, -0.15) is 0 Å². The molecule has 3 aliphatic rings. The van der Waals surface area contributed by atoms with Gasteiger partial charge in [0, 0.05) is 0 Å². The van der Waals surface area contributed by atoms with E-state index in [4.69, 9.17) is 0 Å². The molecule has 0 aromatic heterocycles. The average Bonchev–Trinajstić information content (AvgIpc) is 3.36. The molecule has 1 N–H and O–H groups in total. The van der Waals surface area contributed by atoms with E-state index >= 15 is 0 Å². The summed E-state index contributed by atoms with van der Waals surface area (Å²) in [5.41, 5.74) is 11.9. The molecule has 3 heteroatoms. The van der Waals surface area contributed by atoms with Gasteiger partial charge in [0.25, 0.3) is 0 Å². The number of allylic oxidation sites excluding steroid dienone is 4. The number of fused-ring (bicyclic) bond motifs is 3. The predicted octanol–water partition coefficient (Wildman–Crippen LogP) is 10.7. The first-order chi connectivity index (χ1) is 18.9. The minimum absolute atomic E-state index is 0.122. The van der Waals surface area contributed by atoms with Gasteiger partial charge in [0.15, 0.2) is 8.24 Å². The van der Waals surface area contributed by atoms with Crippen LogP contribution in [0.5, 0.6) is 0 Å². The van der Waals surface area contributed by atoms with E-state index in [0.717, 1.165) is 0 Å². The van der Waals surface area contributed by atoms with Crippen LogP contribution in [0.25, 0.3) is 5.57 Å². The van der Waals surface area contributed by atoms with Crippen LogP contribution in [-0.2, 0) is 10.8 Å². The van der Waals surface area contributed by atoms with Gasteiger partial charge in [-0.15, -0.1) is 0 Å². The van der Waals surface area contributed by atoms with Gasteiger partial charge < -0.3 is 9.88 Å². The molecule has 208 valence electrons. The summed E-state index contributed by atoms with van der Waals surface area (Å²) < 4.78 is 2.77. The molecule has 6 rings (SSSR count). The Morgan fingerprint density at radius 2 is 1.30 bits per heavy atom. The monoisotopic (exact) mass is 546 g/mol. The Morgan fingerprint density at radius 3 is 1.85 bits per heavy atom. The predicted molar refractivity (Wildman–Crippen MR) is 177 cm³/mol. The number of benzene rings is 3. The number of nitrogens with one attached hydrogen (secondary N) is 1. The lowest BCUT2D eigenvalue weighted by atomic mass is 9.75. The van der Waals surface area contributed by atoms with Crippen LogP contribution in [0.15, 0.2) is 85.0 Å². The van der Waals surface area contributed by atoms with Crippen molar-refractivity contribution in [3.8, 4) is 0 Å². The molecule has 0 saturated heterocycles. The summed E-state index contributed by atoms with van der Waals surface area (Å²) in [6.45, 7) is 19.3. The zero-order valence-corrected chi connectivity index (χ0v) is 26.7. The first-order valence-corrected chi connectivity index (χ1v) is 18.2. The third-order valence-electron chi connectivity index (χ3n) is 9.77. The zero-order chi connectivity index (χ0) is 28.4. The van der Waals surface area contributed by atoms with E-state index in [9.17, 15) is 0 Å². The Hall–Kier alpha value is -3.04. The van der Waals surface area contributed by atoms with Crippen LogP contribution in [0.1, 0.15) is 71.1 Å². The van der Waals surface area contributed by atoms with Crippen molar-refractivity contribution in [3.63, 3.8) is 0 Å². The molecule has 3 aromatic carbocycles. The Kier molecular flexibility index (Phi) is 6.46. The van der Waals surface area contributed by atoms with Crippen molar-refractivity contribution in [1.82, 2.24) is 0 Å². The Bertz CT molecular complexity index is 1420. The number of rotatable bonds is 3. The largest absolute Gasteiger partial charge is 0.366 e. The first kappa shape index (κ1) is 27.1. The van der Waals surface area contributed by atoms with E-state index in [1.807, 2.05) is 0 Å². The molecule has 1 aliphatic heterocycles. The number of para-hydroxylation sites is 4. The van der Waals surface area contributed by atoms with E-state index in [1.54, 1.807) is 5.57 Å². The maximum Gasteiger partial charge on any atom is 0.160 e. The summed E-state index contributed by atoms with van der Waals surface area (Å²) in [4.78, 5) is 0. The van der Waals surface area contributed by atoms with Crippen LogP contribution >= 0.6 is 0 Å². The molecule has 2 nitrogen and oxygen atoms in total. The molecule has 0 radical (unpaired) electrons. The smallest absolute Gasteiger partial charge is 0.160 e. The van der Waals surface area contributed by atoms with E-state index < -0.39 is 8.24 Å². The molecule has 0 bridgehead atoms. The van der Waals surface area contributed by atoms with Gasteiger partial charge in [0.05, 0.1) is 22.7 Å². The Morgan fingerprint density at radius 1 is 0.750 bits per heavy atom. The SMILES string of the molecule is CC(C)(C)c1cc(C2=CC=C[C@@H]3C([Si](C)(C)N4c5ccccc5Nc5ccccc54)CC[C@H]23)cc(C(C)(C)C)c1. The fourth-order valence-electron chi connectivity index (χ4n) is 7.47. The zero-order valence-electron chi connectivity index (χ0n) is 25.7. The van der Waals surface area contributed by atoms with E-state index in [2.05, 4.69) is 149 Å². The summed E-state index contributed by atoms with van der Waals surface area (Å²) in [5, 5.41) is 3.71. The van der Waals surface area contributed by atoms with E-state index in [-0.39, 0.29) is 10.8 Å². The summed E-state index contributed by atoms with van der Waals surface area (Å²) in [6.07, 6.45) is 9.91. The van der Waals surface area contributed by atoms with Gasteiger partial charge in [-0.25, -0.2) is 0 Å². The van der Waals surface area contributed by atoms with Crippen molar-refractivity contribution < 1.29 is 0 Å². The van der Waals surface area contributed by atoms with Gasteiger partial charge in [-0.05, 0) is 87.6 Å². The highest BCUT2D eigenvalue weighted by molar-refractivity contribution is 6.84. The van der Waals surface area contributed by atoms with Crippen molar-refractivity contribution in [3.05, 3.63) is 102 Å². The minimum Gasteiger partial charge on any atom is -0.366 e. The molecule has 0 amide bonds. The van der Waals surface area contributed by atoms with Crippen LogP contribution < -0.4 is 9.88 Å². The van der Waals surface area contributed by atoms with Crippen molar-refractivity contribution in [1.29, 1.82) is 0 Å². The summed E-state index contributed by atoms with van der Waals surface area (Å²) >= 11 is 0. The van der Waals surface area contributed by atoms with Crippen molar-refractivity contribution >= 4 is 36.6 Å². The lowest BCUT2D eigenvalue weighted by Gasteiger charge is -2.48. The summed E-state index contributed by atoms with van der Waals surface area (Å²) in [6, 6.07) is 25.2. The second-order valence-corrected chi connectivity index (χ2v) is 19.3. The average molecular weight is 547 g/mol. The van der Waals surface area contributed by atoms with Crippen LogP contribution in [0.4, 0.5) is 22.7 Å². The molecule has 1 fully saturated rings. The van der Waals surface area contributed by atoms with Crippen molar-refractivity contribution in [2.24, 2.45) is 11.8 Å². The highest BCUT2D eigenvalue weighted by atomic mass is 28.3. The summed E-state index contributed by atoms with van der Waals surface area (Å²) in [7, 11) is -1.98. The lowest BCUT2D eigenvalue weighted by molar-refractivity contribution is 0.554. The molecule has 1 saturated carbocycles. The summed E-state index contributed by atoms with van der Waals surface area (Å²) in [5.74, 6) is 1.16. The highest BCUT2D eigenvalue weighted by Gasteiger charge is 2.50. The fourth-order valence-corrected chi connectivity index (χ4v) is 11.6. The van der Waals surface area contributed by atoms with Gasteiger partial charge in [0.1, 0.15) is 0 Å². The Labute approximate surface area is 243 Å². The molecule has 1 unspecified atom stereocenters. The molecular weight excluding hydrogens is 501 g/mol. The second kappa shape index (κ2) is 9.51. The molecule has 40 heavy (non-hydrogen) atoms. The molecular formula is C37H46N2Si.